The van der Waals surface area contributed by atoms with Crippen LogP contribution in [0.5, 0.6) is 0 Å². The third-order valence-corrected chi connectivity index (χ3v) is 3.37. The lowest BCUT2D eigenvalue weighted by molar-refractivity contribution is 0.432. The Morgan fingerprint density at radius 1 is 1.05 bits per heavy atom. The lowest BCUT2D eigenvalue weighted by Crippen LogP contribution is -1.85. The molecule has 6 heteroatoms. The van der Waals surface area contributed by atoms with Gasteiger partial charge in [0.2, 0.25) is 5.82 Å². The topological polar surface area (TPSA) is 64.9 Å². The molecule has 0 saturated carbocycles. The summed E-state index contributed by atoms with van der Waals surface area (Å²) in [5.74, 6) is 0.449. The Balaban J connectivity index is 1.97. The highest BCUT2D eigenvalue weighted by atomic mass is 79.9. The molecular formula is C14H9BrFN3O. The van der Waals surface area contributed by atoms with Gasteiger partial charge in [-0.1, -0.05) is 5.16 Å². The number of hydrogen-bond acceptors (Lipinski definition) is 4. The average Bonchev–Trinajstić information content (AvgIpc) is 2.92. The molecule has 0 bridgehead atoms. The minimum absolute atomic E-state index is 0.331. The van der Waals surface area contributed by atoms with Crippen molar-refractivity contribution in [1.82, 2.24) is 10.1 Å². The van der Waals surface area contributed by atoms with Crippen LogP contribution in [0.3, 0.4) is 0 Å². The Labute approximate surface area is 122 Å². The number of aromatic nitrogens is 2. The van der Waals surface area contributed by atoms with Gasteiger partial charge in [0, 0.05) is 16.8 Å². The van der Waals surface area contributed by atoms with Crippen molar-refractivity contribution in [2.75, 3.05) is 5.73 Å². The number of rotatable bonds is 2. The van der Waals surface area contributed by atoms with Crippen LogP contribution in [0.25, 0.3) is 22.8 Å². The van der Waals surface area contributed by atoms with Crippen LogP contribution in [0.4, 0.5) is 10.1 Å². The van der Waals surface area contributed by atoms with Crippen LogP contribution in [-0.2, 0) is 0 Å². The van der Waals surface area contributed by atoms with E-state index in [0.717, 1.165) is 5.56 Å². The van der Waals surface area contributed by atoms with E-state index in [1.54, 1.807) is 24.3 Å². The molecule has 0 aliphatic rings. The van der Waals surface area contributed by atoms with E-state index in [9.17, 15) is 4.39 Å². The second kappa shape index (κ2) is 5.05. The number of nitrogen functional groups attached to an aromatic ring is 1. The van der Waals surface area contributed by atoms with Gasteiger partial charge in [-0.15, -0.1) is 0 Å². The van der Waals surface area contributed by atoms with Crippen molar-refractivity contribution in [2.24, 2.45) is 0 Å². The Morgan fingerprint density at radius 2 is 1.75 bits per heavy atom. The SMILES string of the molecule is Nc1ccc(-c2noc(-c3ccc(F)c(Br)c3)n2)cc1. The zero-order valence-corrected chi connectivity index (χ0v) is 11.8. The van der Waals surface area contributed by atoms with E-state index in [2.05, 4.69) is 26.1 Å². The summed E-state index contributed by atoms with van der Waals surface area (Å²) in [6, 6.07) is 11.7. The Morgan fingerprint density at radius 3 is 2.45 bits per heavy atom. The van der Waals surface area contributed by atoms with Crippen molar-refractivity contribution < 1.29 is 8.91 Å². The summed E-state index contributed by atoms with van der Waals surface area (Å²) in [5.41, 5.74) is 7.74. The molecule has 2 N–H and O–H groups in total. The van der Waals surface area contributed by atoms with E-state index in [1.807, 2.05) is 12.1 Å². The smallest absolute Gasteiger partial charge is 0.258 e. The van der Waals surface area contributed by atoms with E-state index in [0.29, 0.717) is 27.4 Å². The number of halogens is 2. The maximum absolute atomic E-state index is 13.2. The van der Waals surface area contributed by atoms with Crippen molar-refractivity contribution in [3.8, 4) is 22.8 Å². The molecule has 0 spiro atoms. The first-order valence-electron chi connectivity index (χ1n) is 5.78. The molecule has 0 atom stereocenters. The standard InChI is InChI=1S/C14H9BrFN3O/c15-11-7-9(3-6-12(11)16)14-18-13(19-20-14)8-1-4-10(17)5-2-8/h1-7H,17H2. The van der Waals surface area contributed by atoms with Crippen LogP contribution in [0.1, 0.15) is 0 Å². The van der Waals surface area contributed by atoms with E-state index < -0.39 is 0 Å². The molecule has 0 aliphatic carbocycles. The van der Waals surface area contributed by atoms with Gasteiger partial charge < -0.3 is 10.3 Å². The van der Waals surface area contributed by atoms with E-state index >= 15 is 0 Å². The van der Waals surface area contributed by atoms with Gasteiger partial charge in [-0.05, 0) is 58.4 Å². The molecule has 20 heavy (non-hydrogen) atoms. The van der Waals surface area contributed by atoms with Crippen molar-refractivity contribution in [3.63, 3.8) is 0 Å². The summed E-state index contributed by atoms with van der Waals surface area (Å²) < 4.78 is 18.7. The molecule has 3 rings (SSSR count). The minimum Gasteiger partial charge on any atom is -0.399 e. The lowest BCUT2D eigenvalue weighted by Gasteiger charge is -1.97. The second-order valence-corrected chi connectivity index (χ2v) is 5.03. The molecule has 0 unspecified atom stereocenters. The van der Waals surface area contributed by atoms with E-state index in [-0.39, 0.29) is 5.82 Å². The highest BCUT2D eigenvalue weighted by Crippen LogP contribution is 2.26. The molecule has 0 fully saturated rings. The summed E-state index contributed by atoms with van der Waals surface area (Å²) in [6.07, 6.45) is 0. The highest BCUT2D eigenvalue weighted by Gasteiger charge is 2.12. The molecule has 0 amide bonds. The zero-order chi connectivity index (χ0) is 14.1. The Kier molecular flexibility index (Phi) is 3.23. The monoisotopic (exact) mass is 333 g/mol. The molecule has 4 nitrogen and oxygen atoms in total. The average molecular weight is 334 g/mol. The Bertz CT molecular complexity index is 755. The highest BCUT2D eigenvalue weighted by molar-refractivity contribution is 9.10. The van der Waals surface area contributed by atoms with Gasteiger partial charge >= 0.3 is 0 Å². The number of anilines is 1. The predicted molar refractivity (Wildman–Crippen MR) is 77.2 cm³/mol. The van der Waals surface area contributed by atoms with Gasteiger partial charge in [0.15, 0.2) is 0 Å². The zero-order valence-electron chi connectivity index (χ0n) is 10.2. The van der Waals surface area contributed by atoms with Gasteiger partial charge in [-0.3, -0.25) is 0 Å². The maximum atomic E-state index is 13.2. The molecule has 0 saturated heterocycles. The molecule has 1 aromatic heterocycles. The fraction of sp³-hybridized carbons (Fsp3) is 0. The van der Waals surface area contributed by atoms with Crippen molar-refractivity contribution in [3.05, 3.63) is 52.8 Å². The first-order valence-corrected chi connectivity index (χ1v) is 6.58. The molecule has 0 radical (unpaired) electrons. The second-order valence-electron chi connectivity index (χ2n) is 4.17. The van der Waals surface area contributed by atoms with Gasteiger partial charge in [0.05, 0.1) is 4.47 Å². The van der Waals surface area contributed by atoms with Crippen LogP contribution < -0.4 is 5.73 Å². The van der Waals surface area contributed by atoms with Crippen molar-refractivity contribution in [2.45, 2.75) is 0 Å². The van der Waals surface area contributed by atoms with Gasteiger partial charge in [0.1, 0.15) is 5.82 Å². The lowest BCUT2D eigenvalue weighted by atomic mass is 10.2. The summed E-state index contributed by atoms with van der Waals surface area (Å²) in [7, 11) is 0. The van der Waals surface area contributed by atoms with Crippen molar-refractivity contribution >= 4 is 21.6 Å². The Hall–Kier alpha value is -2.21. The molecule has 100 valence electrons. The van der Waals surface area contributed by atoms with Gasteiger partial charge in [-0.2, -0.15) is 4.98 Å². The van der Waals surface area contributed by atoms with Crippen LogP contribution in [0.2, 0.25) is 0 Å². The summed E-state index contributed by atoms with van der Waals surface area (Å²) >= 11 is 3.12. The number of nitrogens with zero attached hydrogens (tertiary/aromatic N) is 2. The van der Waals surface area contributed by atoms with Crippen LogP contribution in [0.15, 0.2) is 51.5 Å². The molecule has 3 aromatic rings. The number of hydrogen-bond donors (Lipinski definition) is 1. The normalized spacial score (nSPS) is 10.7. The first kappa shape index (κ1) is 12.8. The third kappa shape index (κ3) is 2.42. The molecule has 2 aromatic carbocycles. The quantitative estimate of drug-likeness (QED) is 0.722. The number of benzene rings is 2. The minimum atomic E-state index is -0.341. The van der Waals surface area contributed by atoms with E-state index in [4.69, 9.17) is 10.3 Å². The molecule has 0 aliphatic heterocycles. The number of nitrogens with two attached hydrogens (primary N) is 1. The van der Waals surface area contributed by atoms with E-state index in [1.165, 1.54) is 6.07 Å². The summed E-state index contributed by atoms with van der Waals surface area (Å²) in [6.45, 7) is 0. The first-order chi connectivity index (χ1) is 9.63. The molecular weight excluding hydrogens is 325 g/mol. The van der Waals surface area contributed by atoms with Crippen LogP contribution >= 0.6 is 15.9 Å². The third-order valence-electron chi connectivity index (χ3n) is 2.76. The van der Waals surface area contributed by atoms with Crippen LogP contribution in [0, 0.1) is 5.82 Å². The fourth-order valence-electron chi connectivity index (χ4n) is 1.72. The molecule has 1 heterocycles. The van der Waals surface area contributed by atoms with Gasteiger partial charge in [-0.25, -0.2) is 4.39 Å². The van der Waals surface area contributed by atoms with Crippen LogP contribution in [-0.4, -0.2) is 10.1 Å². The summed E-state index contributed by atoms with van der Waals surface area (Å²) in [4.78, 5) is 4.29. The fourth-order valence-corrected chi connectivity index (χ4v) is 2.10. The predicted octanol–water partition coefficient (Wildman–Crippen LogP) is 3.89. The van der Waals surface area contributed by atoms with Gasteiger partial charge in [0.25, 0.3) is 5.89 Å². The van der Waals surface area contributed by atoms with Crippen molar-refractivity contribution in [1.29, 1.82) is 0 Å². The maximum Gasteiger partial charge on any atom is 0.258 e. The largest absolute Gasteiger partial charge is 0.399 e. The summed E-state index contributed by atoms with van der Waals surface area (Å²) in [5, 5.41) is 3.91.